The van der Waals surface area contributed by atoms with Crippen LogP contribution in [0.2, 0.25) is 0 Å². The van der Waals surface area contributed by atoms with Crippen molar-refractivity contribution < 1.29 is 19.8 Å². The number of hydrogen-bond acceptors (Lipinski definition) is 4. The van der Waals surface area contributed by atoms with Crippen LogP contribution in [0.4, 0.5) is 0 Å². The molecule has 0 unspecified atom stereocenters. The Balaban J connectivity index is 2.40. The van der Waals surface area contributed by atoms with Crippen LogP contribution in [-0.4, -0.2) is 44.9 Å². The fourth-order valence-electron chi connectivity index (χ4n) is 0.754. The Bertz CT molecular complexity index is 322. The maximum absolute atomic E-state index is 11.1. The number of carboxylic acids is 1. The van der Waals surface area contributed by atoms with Gasteiger partial charge in [-0.2, -0.15) is 5.10 Å². The summed E-state index contributed by atoms with van der Waals surface area (Å²) in [5, 5.41) is 25.3. The van der Waals surface area contributed by atoms with Gasteiger partial charge in [0.15, 0.2) is 6.10 Å². The third-order valence-electron chi connectivity index (χ3n) is 1.49. The number of rotatable bonds is 4. The second kappa shape index (κ2) is 4.38. The monoisotopic (exact) mass is 199 g/mol. The van der Waals surface area contributed by atoms with E-state index in [2.05, 4.69) is 15.5 Å². The van der Waals surface area contributed by atoms with E-state index in [1.807, 2.05) is 0 Å². The quantitative estimate of drug-likeness (QED) is 0.475. The highest BCUT2D eigenvalue weighted by molar-refractivity contribution is 5.92. The SMILES string of the molecule is O=C(NC[C@H](O)C(=O)O)c1ccn[nH]1. The fraction of sp³-hybridized carbons (Fsp3) is 0.286. The third kappa shape index (κ3) is 2.56. The zero-order valence-electron chi connectivity index (χ0n) is 7.10. The smallest absolute Gasteiger partial charge is 0.334 e. The minimum atomic E-state index is -1.60. The third-order valence-corrected chi connectivity index (χ3v) is 1.49. The summed E-state index contributed by atoms with van der Waals surface area (Å²) in [4.78, 5) is 21.3. The van der Waals surface area contributed by atoms with E-state index in [0.717, 1.165) is 0 Å². The molecule has 1 amide bonds. The van der Waals surface area contributed by atoms with E-state index in [0.29, 0.717) is 0 Å². The Morgan fingerprint density at radius 2 is 2.36 bits per heavy atom. The van der Waals surface area contributed by atoms with Crippen molar-refractivity contribution in [2.45, 2.75) is 6.10 Å². The van der Waals surface area contributed by atoms with Crippen LogP contribution in [0.25, 0.3) is 0 Å². The molecule has 0 saturated heterocycles. The molecule has 0 aliphatic heterocycles. The summed E-state index contributed by atoms with van der Waals surface area (Å²) in [6, 6.07) is 1.43. The highest BCUT2D eigenvalue weighted by Crippen LogP contribution is 1.90. The molecule has 14 heavy (non-hydrogen) atoms. The number of aromatic nitrogens is 2. The van der Waals surface area contributed by atoms with Gasteiger partial charge in [-0.25, -0.2) is 4.79 Å². The van der Waals surface area contributed by atoms with E-state index in [1.165, 1.54) is 12.3 Å². The van der Waals surface area contributed by atoms with Crippen LogP contribution in [0.1, 0.15) is 10.5 Å². The Kier molecular flexibility index (Phi) is 3.19. The van der Waals surface area contributed by atoms with Crippen molar-refractivity contribution in [1.29, 1.82) is 0 Å². The predicted octanol–water partition coefficient (Wildman–Crippen LogP) is -1.42. The van der Waals surface area contributed by atoms with Crippen molar-refractivity contribution in [3.05, 3.63) is 18.0 Å². The van der Waals surface area contributed by atoms with Gasteiger partial charge in [-0.3, -0.25) is 9.89 Å². The molecule has 76 valence electrons. The summed E-state index contributed by atoms with van der Waals surface area (Å²) in [6.45, 7) is -0.340. The van der Waals surface area contributed by atoms with E-state index in [1.54, 1.807) is 0 Å². The van der Waals surface area contributed by atoms with Gasteiger partial charge in [0.05, 0.1) is 6.54 Å². The van der Waals surface area contributed by atoms with Crippen LogP contribution in [0.3, 0.4) is 0 Å². The number of aliphatic hydroxyl groups is 1. The molecule has 1 atom stereocenters. The van der Waals surface area contributed by atoms with Crippen molar-refractivity contribution in [2.75, 3.05) is 6.54 Å². The molecular weight excluding hydrogens is 190 g/mol. The van der Waals surface area contributed by atoms with Crippen molar-refractivity contribution in [2.24, 2.45) is 0 Å². The van der Waals surface area contributed by atoms with E-state index < -0.39 is 18.0 Å². The summed E-state index contributed by atoms with van der Waals surface area (Å²) in [7, 11) is 0. The van der Waals surface area contributed by atoms with Gasteiger partial charge in [-0.05, 0) is 6.07 Å². The molecule has 0 fully saturated rings. The summed E-state index contributed by atoms with van der Waals surface area (Å²) in [5.41, 5.74) is 0.211. The highest BCUT2D eigenvalue weighted by Gasteiger charge is 2.15. The molecule has 1 aromatic heterocycles. The summed E-state index contributed by atoms with van der Waals surface area (Å²) in [5.74, 6) is -1.89. The number of carbonyl (C=O) groups excluding carboxylic acids is 1. The second-order valence-electron chi connectivity index (χ2n) is 2.53. The Morgan fingerprint density at radius 3 is 2.86 bits per heavy atom. The molecule has 0 spiro atoms. The standard InChI is InChI=1S/C7H9N3O4/c11-5(7(13)14)3-8-6(12)4-1-2-9-10-4/h1-2,5,11H,3H2,(H,8,12)(H,9,10)(H,13,14)/t5-/m0/s1. The minimum absolute atomic E-state index is 0.211. The average Bonchev–Trinajstić information content (AvgIpc) is 2.66. The fourth-order valence-corrected chi connectivity index (χ4v) is 0.754. The topological polar surface area (TPSA) is 115 Å². The largest absolute Gasteiger partial charge is 0.479 e. The van der Waals surface area contributed by atoms with Gasteiger partial charge >= 0.3 is 5.97 Å². The first-order valence-electron chi connectivity index (χ1n) is 3.79. The van der Waals surface area contributed by atoms with Crippen LogP contribution in [-0.2, 0) is 4.79 Å². The summed E-state index contributed by atoms with van der Waals surface area (Å²) < 4.78 is 0. The lowest BCUT2D eigenvalue weighted by molar-refractivity contribution is -0.146. The second-order valence-corrected chi connectivity index (χ2v) is 2.53. The lowest BCUT2D eigenvalue weighted by Crippen LogP contribution is -2.36. The minimum Gasteiger partial charge on any atom is -0.479 e. The lowest BCUT2D eigenvalue weighted by Gasteiger charge is -2.05. The first-order valence-corrected chi connectivity index (χ1v) is 3.79. The first kappa shape index (κ1) is 10.2. The van der Waals surface area contributed by atoms with Gasteiger partial charge in [0.2, 0.25) is 0 Å². The molecule has 0 aliphatic carbocycles. The molecule has 1 rings (SSSR count). The molecule has 7 heteroatoms. The van der Waals surface area contributed by atoms with Crippen molar-refractivity contribution >= 4 is 11.9 Å². The van der Waals surface area contributed by atoms with Crippen molar-refractivity contribution in [1.82, 2.24) is 15.5 Å². The van der Waals surface area contributed by atoms with Crippen LogP contribution in [0.5, 0.6) is 0 Å². The number of amides is 1. The molecule has 0 aliphatic rings. The first-order chi connectivity index (χ1) is 6.61. The Hall–Kier alpha value is -1.89. The van der Waals surface area contributed by atoms with E-state index in [9.17, 15) is 9.59 Å². The number of aliphatic carboxylic acids is 1. The Morgan fingerprint density at radius 1 is 1.64 bits per heavy atom. The van der Waals surface area contributed by atoms with Gasteiger partial charge < -0.3 is 15.5 Å². The van der Waals surface area contributed by atoms with E-state index >= 15 is 0 Å². The molecule has 0 aromatic carbocycles. The molecular formula is C7H9N3O4. The molecule has 1 heterocycles. The number of aliphatic hydroxyl groups excluding tert-OH is 1. The summed E-state index contributed by atoms with van der Waals surface area (Å²) >= 11 is 0. The van der Waals surface area contributed by atoms with Gasteiger partial charge in [0.1, 0.15) is 5.69 Å². The molecule has 0 radical (unpaired) electrons. The maximum Gasteiger partial charge on any atom is 0.334 e. The van der Waals surface area contributed by atoms with Crippen LogP contribution in [0.15, 0.2) is 12.3 Å². The maximum atomic E-state index is 11.1. The van der Waals surface area contributed by atoms with Gasteiger partial charge in [-0.15, -0.1) is 0 Å². The molecule has 1 aromatic rings. The average molecular weight is 199 g/mol. The van der Waals surface area contributed by atoms with Gasteiger partial charge in [0, 0.05) is 6.20 Å². The number of hydrogen-bond donors (Lipinski definition) is 4. The van der Waals surface area contributed by atoms with Crippen molar-refractivity contribution in [3.63, 3.8) is 0 Å². The van der Waals surface area contributed by atoms with Gasteiger partial charge in [-0.1, -0.05) is 0 Å². The zero-order chi connectivity index (χ0) is 10.6. The number of nitrogens with one attached hydrogen (secondary N) is 2. The van der Waals surface area contributed by atoms with Crippen LogP contribution in [0, 0.1) is 0 Å². The number of H-pyrrole nitrogens is 1. The normalized spacial score (nSPS) is 12.1. The molecule has 0 saturated carbocycles. The van der Waals surface area contributed by atoms with E-state index in [4.69, 9.17) is 10.2 Å². The Labute approximate surface area is 78.7 Å². The van der Waals surface area contributed by atoms with Crippen molar-refractivity contribution in [3.8, 4) is 0 Å². The number of aromatic amines is 1. The highest BCUT2D eigenvalue weighted by atomic mass is 16.4. The van der Waals surface area contributed by atoms with Crippen LogP contribution >= 0.6 is 0 Å². The predicted molar refractivity (Wildman–Crippen MR) is 44.6 cm³/mol. The molecule has 0 bridgehead atoms. The molecule has 4 N–H and O–H groups in total. The number of carboxylic acid groups (broad SMARTS) is 1. The molecule has 7 nitrogen and oxygen atoms in total. The number of nitrogens with zero attached hydrogens (tertiary/aromatic N) is 1. The lowest BCUT2D eigenvalue weighted by atomic mass is 10.3. The summed E-state index contributed by atoms with van der Waals surface area (Å²) in [6.07, 6.45) is -0.204. The van der Waals surface area contributed by atoms with Crippen LogP contribution < -0.4 is 5.32 Å². The zero-order valence-corrected chi connectivity index (χ0v) is 7.10. The van der Waals surface area contributed by atoms with E-state index in [-0.39, 0.29) is 12.2 Å². The number of carbonyl (C=O) groups is 2. The van der Waals surface area contributed by atoms with Gasteiger partial charge in [0.25, 0.3) is 5.91 Å².